The molecule has 0 bridgehead atoms. The van der Waals surface area contributed by atoms with Gasteiger partial charge in [0.15, 0.2) is 0 Å². The van der Waals surface area contributed by atoms with E-state index in [4.69, 9.17) is 0 Å². The van der Waals surface area contributed by atoms with Crippen LogP contribution in [0.25, 0.3) is 0 Å². The number of aromatic hydroxyl groups is 1. The molecule has 1 atom stereocenters. The highest BCUT2D eigenvalue weighted by Crippen LogP contribution is 2.46. The largest absolute Gasteiger partial charge is 0.508 e. The van der Waals surface area contributed by atoms with Gasteiger partial charge in [-0.2, -0.15) is 0 Å². The van der Waals surface area contributed by atoms with Gasteiger partial charge in [0, 0.05) is 6.54 Å². The summed E-state index contributed by atoms with van der Waals surface area (Å²) in [4.78, 5) is 11.9. The van der Waals surface area contributed by atoms with Crippen LogP contribution in [0.3, 0.4) is 0 Å². The van der Waals surface area contributed by atoms with E-state index in [1.165, 1.54) is 0 Å². The molecule has 2 aliphatic rings. The highest BCUT2D eigenvalue weighted by molar-refractivity contribution is 5.91. The van der Waals surface area contributed by atoms with Crippen LogP contribution in [0.2, 0.25) is 0 Å². The van der Waals surface area contributed by atoms with Crippen LogP contribution >= 0.6 is 0 Å². The van der Waals surface area contributed by atoms with Gasteiger partial charge in [-0.25, -0.2) is 0 Å². The molecule has 1 heterocycles. The lowest BCUT2D eigenvalue weighted by molar-refractivity contribution is -0.123. The molecule has 1 aromatic rings. The molecule has 3 rings (SSSR count). The summed E-state index contributed by atoms with van der Waals surface area (Å²) in [6.45, 7) is 0.758. The van der Waals surface area contributed by atoms with E-state index in [1.807, 2.05) is 12.1 Å². The second-order valence-electron chi connectivity index (χ2n) is 4.39. The van der Waals surface area contributed by atoms with E-state index in [0.29, 0.717) is 5.75 Å². The first-order valence-electron chi connectivity index (χ1n) is 5.34. The molecular formula is C12H13NO2. The van der Waals surface area contributed by atoms with Crippen LogP contribution in [0.15, 0.2) is 18.2 Å². The Kier molecular flexibility index (Phi) is 1.61. The quantitative estimate of drug-likeness (QED) is 0.663. The third-order valence-electron chi connectivity index (χ3n) is 3.74. The standard InChI is InChI=1S/C12H13NO2/c14-10-3-1-2-9-8(10)4-5-12(9)6-7-13-11(12)15/h1-3,14H,4-7H2,(H,13,15). The van der Waals surface area contributed by atoms with Gasteiger partial charge in [0.25, 0.3) is 0 Å². The molecule has 0 radical (unpaired) electrons. The van der Waals surface area contributed by atoms with Crippen molar-refractivity contribution in [3.8, 4) is 5.75 Å². The van der Waals surface area contributed by atoms with Gasteiger partial charge < -0.3 is 10.4 Å². The van der Waals surface area contributed by atoms with E-state index in [1.54, 1.807) is 6.07 Å². The van der Waals surface area contributed by atoms with Gasteiger partial charge in [0.05, 0.1) is 5.41 Å². The first kappa shape index (κ1) is 8.77. The fourth-order valence-corrected chi connectivity index (χ4v) is 2.93. The van der Waals surface area contributed by atoms with Crippen LogP contribution in [0.4, 0.5) is 0 Å². The van der Waals surface area contributed by atoms with E-state index in [0.717, 1.165) is 36.9 Å². The molecule has 1 aliphatic heterocycles. The first-order valence-corrected chi connectivity index (χ1v) is 5.34. The lowest BCUT2D eigenvalue weighted by atomic mass is 9.80. The predicted octanol–water partition coefficient (Wildman–Crippen LogP) is 1.10. The number of benzene rings is 1. The molecule has 1 aromatic carbocycles. The smallest absolute Gasteiger partial charge is 0.230 e. The van der Waals surface area contributed by atoms with E-state index in [9.17, 15) is 9.90 Å². The molecular weight excluding hydrogens is 190 g/mol. The number of rotatable bonds is 0. The third-order valence-corrected chi connectivity index (χ3v) is 3.74. The van der Waals surface area contributed by atoms with E-state index in [-0.39, 0.29) is 11.3 Å². The summed E-state index contributed by atoms with van der Waals surface area (Å²) < 4.78 is 0. The highest BCUT2D eigenvalue weighted by atomic mass is 16.3. The molecule has 1 unspecified atom stereocenters. The molecule has 2 N–H and O–H groups in total. The molecule has 1 fully saturated rings. The van der Waals surface area contributed by atoms with Crippen molar-refractivity contribution in [3.05, 3.63) is 29.3 Å². The first-order chi connectivity index (χ1) is 7.24. The summed E-state index contributed by atoms with van der Waals surface area (Å²) >= 11 is 0. The van der Waals surface area contributed by atoms with Gasteiger partial charge in [-0.15, -0.1) is 0 Å². The van der Waals surface area contributed by atoms with Crippen molar-refractivity contribution in [2.45, 2.75) is 24.7 Å². The number of phenols is 1. The van der Waals surface area contributed by atoms with Crippen molar-refractivity contribution in [2.24, 2.45) is 0 Å². The van der Waals surface area contributed by atoms with Crippen LogP contribution < -0.4 is 5.32 Å². The van der Waals surface area contributed by atoms with Gasteiger partial charge >= 0.3 is 0 Å². The second-order valence-corrected chi connectivity index (χ2v) is 4.39. The Balaban J connectivity index is 2.19. The minimum atomic E-state index is -0.339. The Morgan fingerprint density at radius 1 is 1.33 bits per heavy atom. The van der Waals surface area contributed by atoms with Gasteiger partial charge in [0.1, 0.15) is 5.75 Å². The Hall–Kier alpha value is -1.51. The third kappa shape index (κ3) is 0.978. The minimum Gasteiger partial charge on any atom is -0.508 e. The Bertz CT molecular complexity index is 441. The van der Waals surface area contributed by atoms with E-state index >= 15 is 0 Å². The maximum Gasteiger partial charge on any atom is 0.230 e. The van der Waals surface area contributed by atoms with Crippen LogP contribution in [0.5, 0.6) is 5.75 Å². The van der Waals surface area contributed by atoms with Crippen molar-refractivity contribution < 1.29 is 9.90 Å². The zero-order valence-corrected chi connectivity index (χ0v) is 8.42. The Morgan fingerprint density at radius 3 is 2.93 bits per heavy atom. The van der Waals surface area contributed by atoms with Crippen LogP contribution in [-0.2, 0) is 16.6 Å². The number of carbonyl (C=O) groups excluding carboxylic acids is 1. The Labute approximate surface area is 88.1 Å². The van der Waals surface area contributed by atoms with E-state index in [2.05, 4.69) is 5.32 Å². The molecule has 0 saturated carbocycles. The van der Waals surface area contributed by atoms with Crippen molar-refractivity contribution in [1.82, 2.24) is 5.32 Å². The monoisotopic (exact) mass is 203 g/mol. The zero-order valence-electron chi connectivity index (χ0n) is 8.42. The normalized spacial score (nSPS) is 28.1. The van der Waals surface area contributed by atoms with E-state index < -0.39 is 0 Å². The lowest BCUT2D eigenvalue weighted by Gasteiger charge is -2.20. The van der Waals surface area contributed by atoms with Gasteiger partial charge in [-0.05, 0) is 36.5 Å². The average molecular weight is 203 g/mol. The number of phenolic OH excluding ortho intramolecular Hbond substituents is 1. The zero-order chi connectivity index (χ0) is 10.5. The van der Waals surface area contributed by atoms with Crippen LogP contribution in [-0.4, -0.2) is 17.6 Å². The number of amides is 1. The van der Waals surface area contributed by atoms with Crippen LogP contribution in [0.1, 0.15) is 24.0 Å². The maximum absolute atomic E-state index is 11.9. The summed E-state index contributed by atoms with van der Waals surface area (Å²) in [5.74, 6) is 0.468. The summed E-state index contributed by atoms with van der Waals surface area (Å²) in [5, 5.41) is 12.6. The summed E-state index contributed by atoms with van der Waals surface area (Å²) in [5.41, 5.74) is 1.67. The lowest BCUT2D eigenvalue weighted by Crippen LogP contribution is -2.33. The summed E-state index contributed by atoms with van der Waals surface area (Å²) in [6.07, 6.45) is 2.52. The molecule has 3 heteroatoms. The topological polar surface area (TPSA) is 49.3 Å². The summed E-state index contributed by atoms with van der Waals surface area (Å²) in [7, 11) is 0. The number of carbonyl (C=O) groups is 1. The van der Waals surface area contributed by atoms with Crippen molar-refractivity contribution in [2.75, 3.05) is 6.54 Å². The van der Waals surface area contributed by atoms with Crippen molar-refractivity contribution >= 4 is 5.91 Å². The summed E-state index contributed by atoms with van der Waals surface area (Å²) in [6, 6.07) is 5.50. The Morgan fingerprint density at radius 2 is 2.20 bits per heavy atom. The van der Waals surface area contributed by atoms with Crippen molar-refractivity contribution in [3.63, 3.8) is 0 Å². The van der Waals surface area contributed by atoms with Gasteiger partial charge in [-0.1, -0.05) is 12.1 Å². The number of nitrogens with one attached hydrogen (secondary N) is 1. The molecule has 1 spiro atoms. The minimum absolute atomic E-state index is 0.131. The molecule has 3 nitrogen and oxygen atoms in total. The fraction of sp³-hybridized carbons (Fsp3) is 0.417. The number of hydrogen-bond donors (Lipinski definition) is 2. The molecule has 78 valence electrons. The molecule has 0 aromatic heterocycles. The molecule has 1 aliphatic carbocycles. The average Bonchev–Trinajstić information content (AvgIpc) is 2.77. The number of fused-ring (bicyclic) bond motifs is 2. The molecule has 15 heavy (non-hydrogen) atoms. The fourth-order valence-electron chi connectivity index (χ4n) is 2.93. The molecule has 1 amide bonds. The second kappa shape index (κ2) is 2.75. The molecule has 1 saturated heterocycles. The predicted molar refractivity (Wildman–Crippen MR) is 55.7 cm³/mol. The van der Waals surface area contributed by atoms with Gasteiger partial charge in [0.2, 0.25) is 5.91 Å². The number of hydrogen-bond acceptors (Lipinski definition) is 2. The van der Waals surface area contributed by atoms with Gasteiger partial charge in [-0.3, -0.25) is 4.79 Å². The van der Waals surface area contributed by atoms with Crippen molar-refractivity contribution in [1.29, 1.82) is 0 Å². The SMILES string of the molecule is O=C1NCCC12CCc1c(O)cccc12. The van der Waals surface area contributed by atoms with Crippen LogP contribution in [0, 0.1) is 0 Å². The highest BCUT2D eigenvalue weighted by Gasteiger charge is 2.48. The maximum atomic E-state index is 11.9.